The summed E-state index contributed by atoms with van der Waals surface area (Å²) in [6.07, 6.45) is 8.24. The van der Waals surface area contributed by atoms with Crippen LogP contribution in [0.2, 0.25) is 0 Å². The molecular weight excluding hydrogens is 316 g/mol. The zero-order valence-electron chi connectivity index (χ0n) is 12.4. The smallest absolute Gasteiger partial charge is 0.157 e. The third-order valence-electron chi connectivity index (χ3n) is 4.53. The zero-order valence-corrected chi connectivity index (χ0v) is 13.9. The number of pyridine rings is 1. The van der Waals surface area contributed by atoms with Crippen LogP contribution in [0.1, 0.15) is 45.1 Å². The molecule has 2 heterocycles. The molecule has 20 heavy (non-hydrogen) atoms. The van der Waals surface area contributed by atoms with Crippen molar-refractivity contribution < 1.29 is 4.79 Å². The molecule has 4 heteroatoms. The minimum Gasteiger partial charge on any atom is -0.297 e. The third-order valence-corrected chi connectivity index (χ3v) is 4.96. The summed E-state index contributed by atoms with van der Waals surface area (Å²) >= 11 is 3.42. The monoisotopic (exact) mass is 338 g/mol. The third kappa shape index (κ3) is 3.12. The van der Waals surface area contributed by atoms with Gasteiger partial charge >= 0.3 is 0 Å². The maximum Gasteiger partial charge on any atom is 0.157 e. The van der Waals surface area contributed by atoms with E-state index >= 15 is 0 Å². The SMILES string of the molecule is CCC(CC)(C(=O)Cc1cncc(Br)c1)N1CCCC1. The number of aromatic nitrogens is 1. The Morgan fingerprint density at radius 2 is 1.95 bits per heavy atom. The number of hydrogen-bond donors (Lipinski definition) is 0. The van der Waals surface area contributed by atoms with Crippen LogP contribution in [0.5, 0.6) is 0 Å². The first-order valence-corrected chi connectivity index (χ1v) is 8.29. The Bertz CT molecular complexity index is 465. The lowest BCUT2D eigenvalue weighted by molar-refractivity contribution is -0.130. The summed E-state index contributed by atoms with van der Waals surface area (Å²) in [5.41, 5.74) is 0.716. The van der Waals surface area contributed by atoms with Crippen LogP contribution in [0, 0.1) is 0 Å². The number of carbonyl (C=O) groups is 1. The average Bonchev–Trinajstić information content (AvgIpc) is 2.95. The molecule has 0 aliphatic carbocycles. The molecule has 2 rings (SSSR count). The van der Waals surface area contributed by atoms with Crippen molar-refractivity contribution in [2.75, 3.05) is 13.1 Å². The van der Waals surface area contributed by atoms with Crippen LogP contribution in [0.15, 0.2) is 22.9 Å². The van der Waals surface area contributed by atoms with Gasteiger partial charge in [-0.3, -0.25) is 14.7 Å². The van der Waals surface area contributed by atoms with Gasteiger partial charge in [0.2, 0.25) is 0 Å². The van der Waals surface area contributed by atoms with Crippen molar-refractivity contribution in [2.24, 2.45) is 0 Å². The standard InChI is InChI=1S/C16H23BrN2O/c1-3-16(4-2,19-7-5-6-8-19)15(20)10-13-9-14(17)12-18-11-13/h9,11-12H,3-8,10H2,1-2H3. The van der Waals surface area contributed by atoms with Crippen LogP contribution in [-0.4, -0.2) is 34.3 Å². The fraction of sp³-hybridized carbons (Fsp3) is 0.625. The van der Waals surface area contributed by atoms with Crippen molar-refractivity contribution in [2.45, 2.75) is 51.5 Å². The second-order valence-electron chi connectivity index (χ2n) is 5.54. The van der Waals surface area contributed by atoms with E-state index in [1.165, 1.54) is 12.8 Å². The molecule has 1 aliphatic rings. The van der Waals surface area contributed by atoms with Crippen molar-refractivity contribution >= 4 is 21.7 Å². The Labute approximate surface area is 129 Å². The molecule has 1 aromatic rings. The Hall–Kier alpha value is -0.740. The van der Waals surface area contributed by atoms with Crippen LogP contribution < -0.4 is 0 Å². The molecule has 0 unspecified atom stereocenters. The summed E-state index contributed by atoms with van der Waals surface area (Å²) in [5, 5.41) is 0. The summed E-state index contributed by atoms with van der Waals surface area (Å²) in [4.78, 5) is 19.5. The van der Waals surface area contributed by atoms with E-state index in [4.69, 9.17) is 0 Å². The van der Waals surface area contributed by atoms with E-state index in [0.29, 0.717) is 12.2 Å². The molecular formula is C16H23BrN2O. The normalized spacial score (nSPS) is 16.6. The van der Waals surface area contributed by atoms with E-state index in [-0.39, 0.29) is 5.54 Å². The highest BCUT2D eigenvalue weighted by atomic mass is 79.9. The maximum absolute atomic E-state index is 12.9. The van der Waals surface area contributed by atoms with E-state index in [1.807, 2.05) is 6.07 Å². The Kier molecular flexibility index (Phi) is 5.33. The van der Waals surface area contributed by atoms with Crippen molar-refractivity contribution in [1.82, 2.24) is 9.88 Å². The molecule has 0 spiro atoms. The van der Waals surface area contributed by atoms with Crippen molar-refractivity contribution in [3.8, 4) is 0 Å². The van der Waals surface area contributed by atoms with Gasteiger partial charge in [0.05, 0.1) is 5.54 Å². The molecule has 3 nitrogen and oxygen atoms in total. The van der Waals surface area contributed by atoms with Gasteiger partial charge in [0.25, 0.3) is 0 Å². The minimum atomic E-state index is -0.279. The lowest BCUT2D eigenvalue weighted by Crippen LogP contribution is -2.53. The fourth-order valence-corrected chi connectivity index (χ4v) is 3.73. The first-order chi connectivity index (χ1) is 9.62. The van der Waals surface area contributed by atoms with E-state index in [1.54, 1.807) is 12.4 Å². The maximum atomic E-state index is 12.9. The second kappa shape index (κ2) is 6.81. The second-order valence-corrected chi connectivity index (χ2v) is 6.46. The quantitative estimate of drug-likeness (QED) is 0.794. The van der Waals surface area contributed by atoms with Crippen LogP contribution in [0.3, 0.4) is 0 Å². The van der Waals surface area contributed by atoms with E-state index in [0.717, 1.165) is 36.0 Å². The van der Waals surface area contributed by atoms with Crippen LogP contribution in [-0.2, 0) is 11.2 Å². The van der Waals surface area contributed by atoms with Crippen molar-refractivity contribution in [3.05, 3.63) is 28.5 Å². The fourth-order valence-electron chi connectivity index (χ4n) is 3.32. The zero-order chi connectivity index (χ0) is 14.6. The molecule has 1 fully saturated rings. The summed E-state index contributed by atoms with van der Waals surface area (Å²) in [5.74, 6) is 0.337. The van der Waals surface area contributed by atoms with E-state index in [9.17, 15) is 4.79 Å². The highest BCUT2D eigenvalue weighted by Gasteiger charge is 2.41. The molecule has 0 saturated carbocycles. The van der Waals surface area contributed by atoms with Gasteiger partial charge in [0.1, 0.15) is 0 Å². The number of likely N-dealkylation sites (tertiary alicyclic amines) is 1. The number of hydrogen-bond acceptors (Lipinski definition) is 3. The molecule has 1 aliphatic heterocycles. The molecule has 0 aromatic carbocycles. The number of ketones is 1. The topological polar surface area (TPSA) is 33.2 Å². The highest BCUT2D eigenvalue weighted by molar-refractivity contribution is 9.10. The molecule has 0 atom stereocenters. The first-order valence-electron chi connectivity index (χ1n) is 7.50. The largest absolute Gasteiger partial charge is 0.297 e. The van der Waals surface area contributed by atoms with Crippen molar-refractivity contribution in [1.29, 1.82) is 0 Å². The number of rotatable bonds is 6. The van der Waals surface area contributed by atoms with E-state index < -0.39 is 0 Å². The Morgan fingerprint density at radius 1 is 1.30 bits per heavy atom. The van der Waals surface area contributed by atoms with Gasteiger partial charge < -0.3 is 0 Å². The molecule has 0 N–H and O–H groups in total. The van der Waals surface area contributed by atoms with Crippen LogP contribution in [0.4, 0.5) is 0 Å². The number of carbonyl (C=O) groups excluding carboxylic acids is 1. The summed E-state index contributed by atoms with van der Waals surface area (Å²) in [6, 6.07) is 1.99. The number of nitrogens with zero attached hydrogens (tertiary/aromatic N) is 2. The van der Waals surface area contributed by atoms with Crippen LogP contribution in [0.25, 0.3) is 0 Å². The predicted octanol–water partition coefficient (Wildman–Crippen LogP) is 3.61. The summed E-state index contributed by atoms with van der Waals surface area (Å²) in [7, 11) is 0. The lowest BCUT2D eigenvalue weighted by Gasteiger charge is -2.39. The van der Waals surface area contributed by atoms with Crippen molar-refractivity contribution in [3.63, 3.8) is 0 Å². The minimum absolute atomic E-state index is 0.279. The van der Waals surface area contributed by atoms with Gasteiger partial charge in [0, 0.05) is 23.3 Å². The van der Waals surface area contributed by atoms with E-state index in [2.05, 4.69) is 39.7 Å². The molecule has 110 valence electrons. The number of Topliss-reactive ketones (excluding diaryl/α,β-unsaturated/α-hetero) is 1. The predicted molar refractivity (Wildman–Crippen MR) is 84.8 cm³/mol. The Morgan fingerprint density at radius 3 is 2.50 bits per heavy atom. The molecule has 0 radical (unpaired) electrons. The van der Waals surface area contributed by atoms with Gasteiger partial charge in [-0.25, -0.2) is 0 Å². The summed E-state index contributed by atoms with van der Waals surface area (Å²) < 4.78 is 0.933. The van der Waals surface area contributed by atoms with Gasteiger partial charge in [-0.1, -0.05) is 13.8 Å². The molecule has 1 aromatic heterocycles. The highest BCUT2D eigenvalue weighted by Crippen LogP contribution is 2.30. The van der Waals surface area contributed by atoms with Gasteiger partial charge in [-0.05, 0) is 66.3 Å². The average molecular weight is 339 g/mol. The molecule has 0 bridgehead atoms. The van der Waals surface area contributed by atoms with Crippen LogP contribution >= 0.6 is 15.9 Å². The van der Waals surface area contributed by atoms with Gasteiger partial charge in [-0.15, -0.1) is 0 Å². The Balaban J connectivity index is 2.18. The first kappa shape index (κ1) is 15.6. The lowest BCUT2D eigenvalue weighted by atomic mass is 9.83. The van der Waals surface area contributed by atoms with Gasteiger partial charge in [0.15, 0.2) is 5.78 Å². The summed E-state index contributed by atoms with van der Waals surface area (Å²) in [6.45, 7) is 6.39. The van der Waals surface area contributed by atoms with Gasteiger partial charge in [-0.2, -0.15) is 0 Å². The molecule has 0 amide bonds. The number of halogens is 1. The molecule has 1 saturated heterocycles.